The van der Waals surface area contributed by atoms with Crippen LogP contribution in [0.3, 0.4) is 0 Å². The molecule has 1 fully saturated rings. The molecule has 0 bridgehead atoms. The van der Waals surface area contributed by atoms with E-state index in [0.29, 0.717) is 12.2 Å². The first-order valence-corrected chi connectivity index (χ1v) is 9.11. The lowest BCUT2D eigenvalue weighted by Gasteiger charge is -2.36. The summed E-state index contributed by atoms with van der Waals surface area (Å²) >= 11 is 0. The number of piperidine rings is 1. The van der Waals surface area contributed by atoms with Gasteiger partial charge in [0.2, 0.25) is 0 Å². The summed E-state index contributed by atoms with van der Waals surface area (Å²) in [4.78, 5) is 32.1. The summed E-state index contributed by atoms with van der Waals surface area (Å²) < 4.78 is 6.65. The Balaban J connectivity index is 1.72. The Morgan fingerprint density at radius 2 is 2.15 bits per heavy atom. The second-order valence-electron chi connectivity index (χ2n) is 6.90. The molecule has 27 heavy (non-hydrogen) atoms. The zero-order valence-electron chi connectivity index (χ0n) is 15.4. The molecule has 1 aliphatic heterocycles. The van der Waals surface area contributed by atoms with Crippen molar-refractivity contribution in [1.82, 2.24) is 19.5 Å². The smallest absolute Gasteiger partial charge is 0.285 e. The van der Waals surface area contributed by atoms with Gasteiger partial charge in [-0.1, -0.05) is 12.1 Å². The molecule has 7 nitrogen and oxygen atoms in total. The van der Waals surface area contributed by atoms with E-state index >= 15 is 0 Å². The number of carbonyl (C=O) groups is 1. The van der Waals surface area contributed by atoms with E-state index in [1.54, 1.807) is 18.1 Å². The Hall–Kier alpha value is -3.09. The van der Waals surface area contributed by atoms with Gasteiger partial charge in [-0.15, -0.1) is 0 Å². The maximum absolute atomic E-state index is 13.2. The first kappa shape index (κ1) is 17.3. The van der Waals surface area contributed by atoms with E-state index in [1.165, 1.54) is 10.7 Å². The average Bonchev–Trinajstić information content (AvgIpc) is 3.09. The highest BCUT2D eigenvalue weighted by Gasteiger charge is 2.30. The van der Waals surface area contributed by atoms with E-state index in [4.69, 9.17) is 4.74 Å². The van der Waals surface area contributed by atoms with Crippen molar-refractivity contribution >= 4 is 11.6 Å². The summed E-state index contributed by atoms with van der Waals surface area (Å²) in [7, 11) is 1.63. The van der Waals surface area contributed by atoms with E-state index < -0.39 is 0 Å². The number of fused-ring (bicyclic) bond motifs is 1. The zero-order valence-corrected chi connectivity index (χ0v) is 15.4. The van der Waals surface area contributed by atoms with Crippen molar-refractivity contribution in [3.63, 3.8) is 0 Å². The van der Waals surface area contributed by atoms with Gasteiger partial charge in [0.25, 0.3) is 11.5 Å². The minimum atomic E-state index is -0.368. The lowest BCUT2D eigenvalue weighted by atomic mass is 9.94. The summed E-state index contributed by atoms with van der Waals surface area (Å²) in [6, 6.07) is 9.47. The summed E-state index contributed by atoms with van der Waals surface area (Å²) in [6.45, 7) is 2.46. The van der Waals surface area contributed by atoms with Crippen molar-refractivity contribution in [3.8, 4) is 5.75 Å². The van der Waals surface area contributed by atoms with Crippen LogP contribution in [0.2, 0.25) is 0 Å². The fourth-order valence-electron chi connectivity index (χ4n) is 3.75. The molecule has 0 unspecified atom stereocenters. The lowest BCUT2D eigenvalue weighted by molar-refractivity contribution is 0.0608. The summed E-state index contributed by atoms with van der Waals surface area (Å²) in [6.07, 6.45) is 4.21. The second-order valence-corrected chi connectivity index (χ2v) is 6.90. The first-order valence-electron chi connectivity index (χ1n) is 9.11. The molecule has 3 heterocycles. The predicted molar refractivity (Wildman–Crippen MR) is 101 cm³/mol. The SMILES string of the molecule is COc1cccc([C@@H]2CCCCN2C(=O)c2cnc3cc(C)[nH]n3c2=O)c1. The largest absolute Gasteiger partial charge is 0.497 e. The van der Waals surface area contributed by atoms with Gasteiger partial charge in [0.1, 0.15) is 11.3 Å². The quantitative estimate of drug-likeness (QED) is 0.773. The van der Waals surface area contributed by atoms with Crippen LogP contribution in [0.15, 0.2) is 41.3 Å². The van der Waals surface area contributed by atoms with Crippen LogP contribution in [0.1, 0.15) is 46.9 Å². The number of amides is 1. The number of ether oxygens (including phenoxy) is 1. The van der Waals surface area contributed by atoms with Gasteiger partial charge in [0.15, 0.2) is 5.65 Å². The van der Waals surface area contributed by atoms with Crippen LogP contribution in [-0.4, -0.2) is 39.1 Å². The number of hydrogen-bond acceptors (Lipinski definition) is 4. The van der Waals surface area contributed by atoms with Gasteiger partial charge in [-0.3, -0.25) is 14.7 Å². The third-order valence-corrected chi connectivity index (χ3v) is 5.09. The van der Waals surface area contributed by atoms with Crippen LogP contribution in [0.5, 0.6) is 5.75 Å². The van der Waals surface area contributed by atoms with E-state index in [1.807, 2.05) is 31.2 Å². The number of likely N-dealkylation sites (tertiary alicyclic amines) is 1. The Labute approximate surface area is 156 Å². The van der Waals surface area contributed by atoms with Gasteiger partial charge in [0.05, 0.1) is 13.2 Å². The third-order valence-electron chi connectivity index (χ3n) is 5.09. The number of aromatic nitrogens is 3. The molecular formula is C20H22N4O3. The normalized spacial score (nSPS) is 17.3. The second kappa shape index (κ2) is 6.90. The van der Waals surface area contributed by atoms with Gasteiger partial charge >= 0.3 is 0 Å². The zero-order chi connectivity index (χ0) is 19.0. The van der Waals surface area contributed by atoms with Gasteiger partial charge in [0, 0.05) is 24.5 Å². The Kier molecular flexibility index (Phi) is 4.43. The third kappa shape index (κ3) is 3.09. The molecular weight excluding hydrogens is 344 g/mol. The maximum atomic E-state index is 13.2. The highest BCUT2D eigenvalue weighted by molar-refractivity contribution is 5.94. The van der Waals surface area contributed by atoms with Gasteiger partial charge < -0.3 is 9.64 Å². The van der Waals surface area contributed by atoms with Crippen LogP contribution in [0.4, 0.5) is 0 Å². The first-order chi connectivity index (χ1) is 13.1. The molecule has 0 spiro atoms. The molecule has 0 saturated carbocycles. The highest BCUT2D eigenvalue weighted by atomic mass is 16.5. The number of H-pyrrole nitrogens is 1. The summed E-state index contributed by atoms with van der Waals surface area (Å²) in [5.41, 5.74) is 2.07. The minimum Gasteiger partial charge on any atom is -0.497 e. The van der Waals surface area contributed by atoms with Crippen molar-refractivity contribution in [2.24, 2.45) is 0 Å². The molecule has 4 rings (SSSR count). The summed E-state index contributed by atoms with van der Waals surface area (Å²) in [5.74, 6) is 0.483. The number of aromatic amines is 1. The van der Waals surface area contributed by atoms with Crippen LogP contribution in [0.25, 0.3) is 5.65 Å². The van der Waals surface area contributed by atoms with Crippen molar-refractivity contribution in [3.05, 3.63) is 63.7 Å². The van der Waals surface area contributed by atoms with Gasteiger partial charge in [-0.2, -0.15) is 0 Å². The Bertz CT molecular complexity index is 1050. The number of carbonyl (C=O) groups excluding carboxylic acids is 1. The van der Waals surface area contributed by atoms with Crippen molar-refractivity contribution in [2.75, 3.05) is 13.7 Å². The number of benzene rings is 1. The molecule has 1 amide bonds. The van der Waals surface area contributed by atoms with Crippen LogP contribution >= 0.6 is 0 Å². The maximum Gasteiger partial charge on any atom is 0.285 e. The van der Waals surface area contributed by atoms with Crippen LogP contribution in [0, 0.1) is 6.92 Å². The van der Waals surface area contributed by atoms with Crippen molar-refractivity contribution in [1.29, 1.82) is 0 Å². The topological polar surface area (TPSA) is 79.7 Å². The lowest BCUT2D eigenvalue weighted by Crippen LogP contribution is -2.41. The van der Waals surface area contributed by atoms with Crippen molar-refractivity contribution < 1.29 is 9.53 Å². The van der Waals surface area contributed by atoms with E-state index in [-0.39, 0.29) is 23.1 Å². The molecule has 0 aliphatic carbocycles. The Morgan fingerprint density at radius 3 is 2.96 bits per heavy atom. The monoisotopic (exact) mass is 366 g/mol. The van der Waals surface area contributed by atoms with Gasteiger partial charge in [-0.05, 0) is 43.9 Å². The van der Waals surface area contributed by atoms with E-state index in [9.17, 15) is 9.59 Å². The number of nitrogens with one attached hydrogen (secondary N) is 1. The van der Waals surface area contributed by atoms with Crippen molar-refractivity contribution in [2.45, 2.75) is 32.2 Å². The molecule has 1 atom stereocenters. The molecule has 7 heteroatoms. The Morgan fingerprint density at radius 1 is 1.30 bits per heavy atom. The van der Waals surface area contributed by atoms with E-state index in [2.05, 4.69) is 10.1 Å². The molecule has 1 saturated heterocycles. The molecule has 1 aromatic carbocycles. The fraction of sp³-hybridized carbons (Fsp3) is 0.350. The van der Waals surface area contributed by atoms with E-state index in [0.717, 1.165) is 36.3 Å². The highest BCUT2D eigenvalue weighted by Crippen LogP contribution is 2.33. The number of nitrogens with zero attached hydrogens (tertiary/aromatic N) is 3. The van der Waals surface area contributed by atoms with Crippen LogP contribution in [-0.2, 0) is 0 Å². The summed E-state index contributed by atoms with van der Waals surface area (Å²) in [5, 5.41) is 2.94. The molecule has 3 aromatic rings. The average molecular weight is 366 g/mol. The fourth-order valence-corrected chi connectivity index (χ4v) is 3.75. The number of rotatable bonds is 3. The molecule has 2 aromatic heterocycles. The number of aryl methyl sites for hydroxylation is 1. The van der Waals surface area contributed by atoms with Crippen LogP contribution < -0.4 is 10.3 Å². The number of methoxy groups -OCH3 is 1. The predicted octanol–water partition coefficient (Wildman–Crippen LogP) is 2.71. The van der Waals surface area contributed by atoms with Gasteiger partial charge in [-0.25, -0.2) is 9.50 Å². The number of hydrogen-bond donors (Lipinski definition) is 1. The standard InChI is InChI=1S/C20H22N4O3/c1-13-10-18-21-12-16(20(26)24(18)22-13)19(25)23-9-4-3-8-17(23)14-6-5-7-15(11-14)27-2/h5-7,10-12,17,22H,3-4,8-9H2,1-2H3/t17-/m0/s1. The molecule has 0 radical (unpaired) electrons. The molecule has 1 N–H and O–H groups in total. The minimum absolute atomic E-state index is 0.0770. The molecule has 140 valence electrons. The molecule has 1 aliphatic rings.